The van der Waals surface area contributed by atoms with Crippen LogP contribution in [0.2, 0.25) is 24.2 Å². The molecule has 4 aliphatic rings. The van der Waals surface area contributed by atoms with Crippen LogP contribution in [0.4, 0.5) is 0 Å². The molecule has 0 aromatic heterocycles. The molecule has 4 rings (SSSR count). The summed E-state index contributed by atoms with van der Waals surface area (Å²) in [7, 11) is -1.51. The Morgan fingerprint density at radius 3 is 0.758 bits per heavy atom. The van der Waals surface area contributed by atoms with E-state index in [9.17, 15) is 0 Å². The zero-order valence-corrected chi connectivity index (χ0v) is 25.9. The lowest BCUT2D eigenvalue weighted by molar-refractivity contribution is 0.0100. The van der Waals surface area contributed by atoms with Crippen LogP contribution in [0.15, 0.2) is 0 Å². The second-order valence-corrected chi connectivity index (χ2v) is 20.5. The Balaban J connectivity index is 1.77. The van der Waals surface area contributed by atoms with Gasteiger partial charge in [0.15, 0.2) is 0 Å². The minimum Gasteiger partial charge on any atom is -0.0689 e. The normalized spacial score (nSPS) is 61.6. The van der Waals surface area contributed by atoms with E-state index in [0.29, 0.717) is 0 Å². The van der Waals surface area contributed by atoms with Crippen LogP contribution in [-0.2, 0) is 0 Å². The SMILES string of the molecule is CC1C(C)C(C)C2C(C1C)C(C)C(C)C2[Si](C)(C)C1C(C)C(C)C2C(C)C(C)C(C)C(C)C21. The Bertz CT molecular complexity index is 653. The average molecular weight is 473 g/mol. The van der Waals surface area contributed by atoms with Crippen LogP contribution in [0, 0.1) is 94.7 Å². The highest BCUT2D eigenvalue weighted by Gasteiger charge is 2.65. The predicted octanol–water partition coefficient (Wildman–Crippen LogP) is 9.59. The maximum Gasteiger partial charge on any atom is 0.0547 e. The Morgan fingerprint density at radius 1 is 0.273 bits per heavy atom. The van der Waals surface area contributed by atoms with Crippen LogP contribution < -0.4 is 0 Å². The molecular weight excluding hydrogens is 412 g/mol. The van der Waals surface area contributed by atoms with Crippen molar-refractivity contribution in [3.8, 4) is 0 Å². The topological polar surface area (TPSA) is 0 Å². The van der Waals surface area contributed by atoms with Crippen LogP contribution in [0.25, 0.3) is 0 Å². The third-order valence-electron chi connectivity index (χ3n) is 14.8. The summed E-state index contributed by atoms with van der Waals surface area (Å²) in [6.07, 6.45) is 0. The fourth-order valence-corrected chi connectivity index (χ4v) is 18.9. The van der Waals surface area contributed by atoms with Crippen molar-refractivity contribution in [2.24, 2.45) is 94.7 Å². The molecule has 0 heterocycles. The molecule has 0 bridgehead atoms. The first-order valence-corrected chi connectivity index (χ1v) is 18.3. The molecule has 192 valence electrons. The van der Waals surface area contributed by atoms with Gasteiger partial charge < -0.3 is 0 Å². The molecule has 4 saturated carbocycles. The summed E-state index contributed by atoms with van der Waals surface area (Å²) in [5.74, 6) is 14.7. The predicted molar refractivity (Wildman–Crippen MR) is 149 cm³/mol. The van der Waals surface area contributed by atoms with Gasteiger partial charge in [0, 0.05) is 0 Å². The molecule has 18 unspecified atom stereocenters. The largest absolute Gasteiger partial charge is 0.0689 e. The molecule has 1 heteroatoms. The third-order valence-corrected chi connectivity index (χ3v) is 20.1. The molecule has 0 nitrogen and oxygen atoms in total. The van der Waals surface area contributed by atoms with E-state index in [4.69, 9.17) is 0 Å². The minimum absolute atomic E-state index is 0.883. The smallest absolute Gasteiger partial charge is 0.0547 e. The van der Waals surface area contributed by atoms with Gasteiger partial charge in [0.05, 0.1) is 8.07 Å². The van der Waals surface area contributed by atoms with E-state index in [1.165, 1.54) is 0 Å². The van der Waals surface area contributed by atoms with Gasteiger partial charge in [-0.15, -0.1) is 0 Å². The summed E-state index contributed by atoms with van der Waals surface area (Å²) in [5.41, 5.74) is 2.03. The maximum atomic E-state index is 2.90. The second-order valence-electron chi connectivity index (χ2n) is 15.5. The molecular formula is C32H60Si. The van der Waals surface area contributed by atoms with Crippen LogP contribution in [0.5, 0.6) is 0 Å². The molecule has 0 spiro atoms. The van der Waals surface area contributed by atoms with E-state index in [1.807, 2.05) is 0 Å². The van der Waals surface area contributed by atoms with Gasteiger partial charge in [-0.3, -0.25) is 0 Å². The Labute approximate surface area is 209 Å². The molecule has 0 amide bonds. The van der Waals surface area contributed by atoms with Gasteiger partial charge >= 0.3 is 0 Å². The van der Waals surface area contributed by atoms with Gasteiger partial charge in [0.2, 0.25) is 0 Å². The number of rotatable bonds is 2. The monoisotopic (exact) mass is 472 g/mol. The van der Waals surface area contributed by atoms with Gasteiger partial charge in [-0.25, -0.2) is 0 Å². The van der Waals surface area contributed by atoms with Crippen LogP contribution in [0.1, 0.15) is 83.1 Å². The van der Waals surface area contributed by atoms with Gasteiger partial charge in [0.25, 0.3) is 0 Å². The van der Waals surface area contributed by atoms with E-state index in [-0.39, 0.29) is 0 Å². The van der Waals surface area contributed by atoms with Crippen molar-refractivity contribution >= 4 is 8.07 Å². The fraction of sp³-hybridized carbons (Fsp3) is 1.00. The van der Waals surface area contributed by atoms with Crippen molar-refractivity contribution in [2.45, 2.75) is 107 Å². The number of hydrogen-bond donors (Lipinski definition) is 0. The summed E-state index contributed by atoms with van der Waals surface area (Å²) < 4.78 is 0. The highest BCUT2D eigenvalue weighted by atomic mass is 28.3. The van der Waals surface area contributed by atoms with Crippen molar-refractivity contribution < 1.29 is 0 Å². The van der Waals surface area contributed by atoms with E-state index in [1.54, 1.807) is 0 Å². The first kappa shape index (κ1) is 26.3. The van der Waals surface area contributed by atoms with Crippen molar-refractivity contribution in [1.82, 2.24) is 0 Å². The molecule has 33 heavy (non-hydrogen) atoms. The standard InChI is InChI=1S/C32H60Si/c1-15-17(3)21(7)29-27(19(15)5)23(9)25(11)31(29)33(13,14)32-26(12)24(10)28-20(6)16(2)18(4)22(8)30(28)32/h15-32H,1-14H3. The molecule has 0 aromatic rings. The average Bonchev–Trinajstić information content (AvgIpc) is 3.19. The summed E-state index contributed by atoms with van der Waals surface area (Å²) in [5, 5.41) is 0. The lowest BCUT2D eigenvalue weighted by Crippen LogP contribution is -2.52. The number of fused-ring (bicyclic) bond motifs is 2. The minimum atomic E-state index is -1.51. The van der Waals surface area contributed by atoms with E-state index >= 15 is 0 Å². The first-order chi connectivity index (χ1) is 15.2. The van der Waals surface area contributed by atoms with Crippen LogP contribution in [-0.4, -0.2) is 8.07 Å². The van der Waals surface area contributed by atoms with Gasteiger partial charge in [-0.1, -0.05) is 96.2 Å². The van der Waals surface area contributed by atoms with Crippen molar-refractivity contribution in [2.75, 3.05) is 0 Å². The van der Waals surface area contributed by atoms with E-state index < -0.39 is 8.07 Å². The Hall–Kier alpha value is 0.217. The molecule has 4 aliphatic carbocycles. The highest BCUT2D eigenvalue weighted by Crippen LogP contribution is 2.70. The van der Waals surface area contributed by atoms with Crippen molar-refractivity contribution in [1.29, 1.82) is 0 Å². The number of hydrogen-bond acceptors (Lipinski definition) is 0. The Kier molecular flexibility index (Phi) is 6.90. The summed E-state index contributed by atoms with van der Waals surface area (Å²) in [4.78, 5) is 0. The summed E-state index contributed by atoms with van der Waals surface area (Å²) in [6, 6.07) is 0. The molecule has 0 radical (unpaired) electrons. The highest BCUT2D eigenvalue weighted by molar-refractivity contribution is 6.80. The van der Waals surface area contributed by atoms with Crippen LogP contribution in [0.3, 0.4) is 0 Å². The quantitative estimate of drug-likeness (QED) is 0.351. The van der Waals surface area contributed by atoms with Gasteiger partial charge in [0.1, 0.15) is 0 Å². The van der Waals surface area contributed by atoms with Gasteiger partial charge in [-0.05, 0) is 106 Å². The second kappa shape index (κ2) is 8.66. The maximum absolute atomic E-state index is 2.90. The van der Waals surface area contributed by atoms with Gasteiger partial charge in [-0.2, -0.15) is 0 Å². The molecule has 0 aliphatic heterocycles. The van der Waals surface area contributed by atoms with Crippen molar-refractivity contribution in [3.63, 3.8) is 0 Å². The third kappa shape index (κ3) is 3.46. The zero-order chi connectivity index (χ0) is 24.9. The summed E-state index contributed by atoms with van der Waals surface area (Å²) >= 11 is 0. The van der Waals surface area contributed by atoms with E-state index in [0.717, 1.165) is 106 Å². The summed E-state index contributed by atoms with van der Waals surface area (Å²) in [6.45, 7) is 37.5. The molecule has 4 fully saturated rings. The van der Waals surface area contributed by atoms with Crippen molar-refractivity contribution in [3.05, 3.63) is 0 Å². The van der Waals surface area contributed by atoms with E-state index in [2.05, 4.69) is 96.2 Å². The molecule has 0 saturated heterocycles. The molecule has 0 N–H and O–H groups in total. The first-order valence-electron chi connectivity index (χ1n) is 15.2. The zero-order valence-electron chi connectivity index (χ0n) is 24.9. The Morgan fingerprint density at radius 2 is 0.485 bits per heavy atom. The molecule has 18 atom stereocenters. The lowest BCUT2D eigenvalue weighted by Gasteiger charge is -2.54. The fourth-order valence-electron chi connectivity index (χ4n) is 12.1. The lowest BCUT2D eigenvalue weighted by atomic mass is 9.58. The van der Waals surface area contributed by atoms with Crippen LogP contribution >= 0.6 is 0 Å². The molecule has 0 aromatic carbocycles.